The van der Waals surface area contributed by atoms with E-state index in [0.29, 0.717) is 13.1 Å². The summed E-state index contributed by atoms with van der Waals surface area (Å²) in [6.45, 7) is 5.02. The van der Waals surface area contributed by atoms with Crippen molar-refractivity contribution in [3.8, 4) is 0 Å². The Kier molecular flexibility index (Phi) is 6.76. The van der Waals surface area contributed by atoms with Crippen LogP contribution in [0.3, 0.4) is 0 Å². The summed E-state index contributed by atoms with van der Waals surface area (Å²) >= 11 is 1.53. The van der Waals surface area contributed by atoms with Crippen molar-refractivity contribution in [1.82, 2.24) is 9.80 Å². The molecule has 2 saturated heterocycles. The molecule has 1 unspecified atom stereocenters. The van der Waals surface area contributed by atoms with E-state index >= 15 is 0 Å². The third-order valence-electron chi connectivity index (χ3n) is 8.06. The zero-order valence-corrected chi connectivity index (χ0v) is 21.7. The number of aliphatic hydroxyl groups excluding tert-OH is 1. The molecular weight excluding hydrogens is 476 g/mol. The number of fused-ring (bicyclic) bond motifs is 2. The minimum absolute atomic E-state index is 0.119. The zero-order chi connectivity index (χ0) is 25.5. The molecule has 2 amide bonds. The van der Waals surface area contributed by atoms with Crippen molar-refractivity contribution < 1.29 is 24.2 Å². The van der Waals surface area contributed by atoms with Crippen LogP contribution < -0.4 is 0 Å². The Labute approximate surface area is 216 Å². The summed E-state index contributed by atoms with van der Waals surface area (Å²) < 4.78 is 3.87. The summed E-state index contributed by atoms with van der Waals surface area (Å²) in [6, 6.07) is 7.81. The molecule has 0 aliphatic carbocycles. The molecule has 5 rings (SSSR count). The molecule has 0 bridgehead atoms. The first kappa shape index (κ1) is 25.1. The maximum atomic E-state index is 14.4. The fourth-order valence-electron chi connectivity index (χ4n) is 6.46. The molecule has 0 aromatic heterocycles. The second-order valence-corrected chi connectivity index (χ2v) is 12.1. The molecule has 7 nitrogen and oxygen atoms in total. The number of ether oxygens (including phenoxy) is 1. The molecule has 2 fully saturated rings. The van der Waals surface area contributed by atoms with Crippen LogP contribution >= 0.6 is 11.8 Å². The highest BCUT2D eigenvalue weighted by molar-refractivity contribution is 8.02. The molecule has 0 radical (unpaired) electrons. The second-order valence-electron chi connectivity index (χ2n) is 10.3. The van der Waals surface area contributed by atoms with Gasteiger partial charge in [0.2, 0.25) is 11.8 Å². The van der Waals surface area contributed by atoms with Crippen LogP contribution in [0, 0.1) is 11.8 Å². The third kappa shape index (κ3) is 3.80. The molecule has 8 heteroatoms. The van der Waals surface area contributed by atoms with Crippen LogP contribution in [0.15, 0.2) is 54.6 Å². The predicted octanol–water partition coefficient (Wildman–Crippen LogP) is 3.11. The van der Waals surface area contributed by atoms with Crippen LogP contribution in [0.25, 0.3) is 0 Å². The molecule has 1 N–H and O–H groups in total. The SMILES string of the molecule is CCCCCN1CC=C[C@]23S[C@@]4(C)C=CCOC(=O)[C@H]4[C@H]2C(=O)N([C@H](CO)c2ccccc2)C3C1=O. The molecule has 4 aliphatic heterocycles. The number of unbranched alkanes of at least 4 members (excludes halogenated alkanes) is 2. The van der Waals surface area contributed by atoms with Gasteiger partial charge in [-0.1, -0.05) is 68.3 Å². The molecule has 1 aromatic carbocycles. The number of nitrogens with zero attached hydrogens (tertiary/aromatic N) is 2. The van der Waals surface area contributed by atoms with Crippen molar-refractivity contribution >= 4 is 29.5 Å². The first-order valence-electron chi connectivity index (χ1n) is 12.9. The molecule has 6 atom stereocenters. The Bertz CT molecular complexity index is 1090. The van der Waals surface area contributed by atoms with Gasteiger partial charge in [-0.25, -0.2) is 0 Å². The monoisotopic (exact) mass is 510 g/mol. The number of carbonyl (C=O) groups is 3. The van der Waals surface area contributed by atoms with Crippen molar-refractivity contribution in [2.24, 2.45) is 11.8 Å². The number of cyclic esters (lactones) is 1. The van der Waals surface area contributed by atoms with Gasteiger partial charge in [-0.2, -0.15) is 0 Å². The largest absolute Gasteiger partial charge is 0.461 e. The van der Waals surface area contributed by atoms with Gasteiger partial charge in [-0.05, 0) is 25.0 Å². The average Bonchev–Trinajstić information content (AvgIpc) is 3.13. The molecule has 4 aliphatic rings. The number of rotatable bonds is 7. The van der Waals surface area contributed by atoms with Gasteiger partial charge in [0.1, 0.15) is 12.6 Å². The van der Waals surface area contributed by atoms with Gasteiger partial charge in [0.05, 0.1) is 29.2 Å². The van der Waals surface area contributed by atoms with Crippen LogP contribution in [0.2, 0.25) is 0 Å². The molecule has 1 spiro atoms. The maximum absolute atomic E-state index is 14.4. The van der Waals surface area contributed by atoms with Crippen LogP contribution in [-0.4, -0.2) is 74.5 Å². The number of aliphatic hydroxyl groups is 1. The van der Waals surface area contributed by atoms with E-state index in [9.17, 15) is 19.5 Å². The molecule has 0 saturated carbocycles. The van der Waals surface area contributed by atoms with Crippen molar-refractivity contribution in [3.63, 3.8) is 0 Å². The van der Waals surface area contributed by atoms with E-state index in [1.807, 2.05) is 66.5 Å². The van der Waals surface area contributed by atoms with E-state index in [0.717, 1.165) is 24.8 Å². The molecule has 36 heavy (non-hydrogen) atoms. The number of hydrogen-bond acceptors (Lipinski definition) is 6. The Morgan fingerprint density at radius 3 is 2.58 bits per heavy atom. The normalized spacial score (nSPS) is 34.1. The topological polar surface area (TPSA) is 87.2 Å². The fourth-order valence-corrected chi connectivity index (χ4v) is 8.60. The summed E-state index contributed by atoms with van der Waals surface area (Å²) in [6.07, 6.45) is 10.7. The number of benzene rings is 1. The quantitative estimate of drug-likeness (QED) is 0.345. The standard InChI is InChI=1S/C28H34N2O5S/c1-3-4-8-15-29-16-9-14-28-21(22-26(34)35-17-10-13-27(22,2)36-28)24(32)30(23(28)25(29)33)20(18-31)19-11-6-5-7-12-19/h5-7,9-14,20-23,31H,3-4,8,15-18H2,1-2H3/t20-,21+,22-,23?,27+,28+/m1/s1. The predicted molar refractivity (Wildman–Crippen MR) is 138 cm³/mol. The molecule has 1 aromatic rings. The molecule has 4 heterocycles. The third-order valence-corrected chi connectivity index (χ3v) is 9.86. The fraction of sp³-hybridized carbons (Fsp3) is 0.536. The number of amides is 2. The van der Waals surface area contributed by atoms with Crippen LogP contribution in [0.1, 0.15) is 44.7 Å². The van der Waals surface area contributed by atoms with Crippen molar-refractivity contribution in [2.45, 2.75) is 54.7 Å². The number of thioether (sulfide) groups is 1. The minimum atomic E-state index is -0.935. The number of likely N-dealkylation sites (tertiary alicyclic amines) is 1. The number of hydrogen-bond donors (Lipinski definition) is 1. The Morgan fingerprint density at radius 2 is 1.86 bits per heavy atom. The summed E-state index contributed by atoms with van der Waals surface area (Å²) in [5.41, 5.74) is 0.762. The highest BCUT2D eigenvalue weighted by Gasteiger charge is 2.74. The van der Waals surface area contributed by atoms with Crippen molar-refractivity contribution in [3.05, 3.63) is 60.2 Å². The smallest absolute Gasteiger partial charge is 0.311 e. The summed E-state index contributed by atoms with van der Waals surface area (Å²) in [5, 5.41) is 10.5. The van der Waals surface area contributed by atoms with Gasteiger partial charge in [0.25, 0.3) is 0 Å². The van der Waals surface area contributed by atoms with E-state index < -0.39 is 39.4 Å². The Balaban J connectivity index is 1.65. The highest BCUT2D eigenvalue weighted by Crippen LogP contribution is 2.66. The van der Waals surface area contributed by atoms with Gasteiger partial charge < -0.3 is 19.6 Å². The minimum Gasteiger partial charge on any atom is -0.461 e. The summed E-state index contributed by atoms with van der Waals surface area (Å²) in [4.78, 5) is 45.3. The van der Waals surface area contributed by atoms with Crippen molar-refractivity contribution in [2.75, 3.05) is 26.3 Å². The lowest BCUT2D eigenvalue weighted by atomic mass is 9.75. The van der Waals surface area contributed by atoms with E-state index in [1.165, 1.54) is 11.8 Å². The first-order chi connectivity index (χ1) is 17.4. The van der Waals surface area contributed by atoms with Gasteiger partial charge in [0.15, 0.2) is 0 Å². The van der Waals surface area contributed by atoms with Gasteiger partial charge >= 0.3 is 5.97 Å². The van der Waals surface area contributed by atoms with Crippen LogP contribution in [-0.2, 0) is 19.1 Å². The molecule has 192 valence electrons. The van der Waals surface area contributed by atoms with E-state index in [2.05, 4.69) is 6.92 Å². The Morgan fingerprint density at radius 1 is 1.08 bits per heavy atom. The lowest BCUT2D eigenvalue weighted by Crippen LogP contribution is -2.54. The second kappa shape index (κ2) is 9.71. The Hall–Kier alpha value is -2.58. The van der Waals surface area contributed by atoms with Crippen LogP contribution in [0.5, 0.6) is 0 Å². The van der Waals surface area contributed by atoms with Crippen LogP contribution in [0.4, 0.5) is 0 Å². The number of carbonyl (C=O) groups excluding carboxylic acids is 3. The zero-order valence-electron chi connectivity index (χ0n) is 20.8. The maximum Gasteiger partial charge on any atom is 0.311 e. The lowest BCUT2D eigenvalue weighted by molar-refractivity contribution is -0.153. The van der Waals surface area contributed by atoms with Gasteiger partial charge in [0, 0.05) is 17.8 Å². The summed E-state index contributed by atoms with van der Waals surface area (Å²) in [5.74, 6) is -2.28. The highest BCUT2D eigenvalue weighted by atomic mass is 32.2. The average molecular weight is 511 g/mol. The first-order valence-corrected chi connectivity index (χ1v) is 13.7. The lowest BCUT2D eigenvalue weighted by Gasteiger charge is -2.39. The molecular formula is C28H34N2O5S. The van der Waals surface area contributed by atoms with Gasteiger partial charge in [-0.15, -0.1) is 11.8 Å². The van der Waals surface area contributed by atoms with Gasteiger partial charge in [-0.3, -0.25) is 14.4 Å². The number of esters is 1. The van der Waals surface area contributed by atoms with Crippen molar-refractivity contribution in [1.29, 1.82) is 0 Å². The van der Waals surface area contributed by atoms with E-state index in [1.54, 1.807) is 4.90 Å². The van der Waals surface area contributed by atoms with E-state index in [-0.39, 0.29) is 25.0 Å². The summed E-state index contributed by atoms with van der Waals surface area (Å²) in [7, 11) is 0. The van der Waals surface area contributed by atoms with E-state index in [4.69, 9.17) is 4.74 Å².